The molecule has 1 aliphatic heterocycles. The lowest BCUT2D eigenvalue weighted by molar-refractivity contribution is -0.127. The van der Waals surface area contributed by atoms with E-state index in [2.05, 4.69) is 25.2 Å². The van der Waals surface area contributed by atoms with Gasteiger partial charge in [0.1, 0.15) is 0 Å². The van der Waals surface area contributed by atoms with Crippen molar-refractivity contribution < 1.29 is 18.0 Å². The molecule has 0 spiro atoms. The van der Waals surface area contributed by atoms with Crippen LogP contribution in [0, 0.1) is 11.8 Å². The maximum absolute atomic E-state index is 13.1. The van der Waals surface area contributed by atoms with Gasteiger partial charge in [-0.15, -0.1) is 11.3 Å². The summed E-state index contributed by atoms with van der Waals surface area (Å²) in [5.74, 6) is 0.0857. The number of nitrogens with zero attached hydrogens (tertiary/aromatic N) is 1. The molecular weight excluding hydrogens is 444 g/mol. The first kappa shape index (κ1) is 24.6. The summed E-state index contributed by atoms with van der Waals surface area (Å²) in [7, 11) is -3.64. The molecule has 0 bridgehead atoms. The van der Waals surface area contributed by atoms with Gasteiger partial charge in [0.2, 0.25) is 15.9 Å². The number of sulfonamides is 1. The molecule has 1 atom stereocenters. The fraction of sp³-hybridized carbons (Fsp3) is 0.500. The van der Waals surface area contributed by atoms with Gasteiger partial charge >= 0.3 is 0 Å². The van der Waals surface area contributed by atoms with Gasteiger partial charge in [0.15, 0.2) is 5.78 Å². The lowest BCUT2D eigenvalue weighted by atomic mass is 9.91. The lowest BCUT2D eigenvalue weighted by Gasteiger charge is -2.32. The van der Waals surface area contributed by atoms with E-state index in [9.17, 15) is 18.0 Å². The topological polar surface area (TPSA) is 83.6 Å². The number of nitrogens with one attached hydrogen (secondary N) is 1. The normalized spacial score (nSPS) is 16.8. The van der Waals surface area contributed by atoms with Crippen LogP contribution in [0.2, 0.25) is 0 Å². The van der Waals surface area contributed by atoms with Crippen molar-refractivity contribution in [3.63, 3.8) is 0 Å². The summed E-state index contributed by atoms with van der Waals surface area (Å²) in [5.41, 5.74) is 0.483. The van der Waals surface area contributed by atoms with E-state index >= 15 is 0 Å². The average molecular weight is 477 g/mol. The number of carbonyl (C=O) groups is 2. The molecule has 0 unspecified atom stereocenters. The first-order valence-corrected chi connectivity index (χ1v) is 13.5. The summed E-state index contributed by atoms with van der Waals surface area (Å²) in [6, 6.07) is 10.1. The number of hydrogen-bond acceptors (Lipinski definition) is 5. The summed E-state index contributed by atoms with van der Waals surface area (Å²) < 4.78 is 27.4. The fourth-order valence-corrected chi connectivity index (χ4v) is 6.63. The molecule has 6 nitrogen and oxygen atoms in total. The van der Waals surface area contributed by atoms with Gasteiger partial charge < -0.3 is 5.32 Å². The van der Waals surface area contributed by atoms with Crippen LogP contribution in [0.1, 0.15) is 67.7 Å². The molecule has 32 heavy (non-hydrogen) atoms. The highest BCUT2D eigenvalue weighted by atomic mass is 32.2. The molecule has 174 valence electrons. The highest BCUT2D eigenvalue weighted by molar-refractivity contribution is 7.89. The van der Waals surface area contributed by atoms with Crippen LogP contribution in [0.15, 0.2) is 46.7 Å². The van der Waals surface area contributed by atoms with Crippen molar-refractivity contribution in [2.45, 2.75) is 57.4 Å². The minimum absolute atomic E-state index is 0.000877. The Morgan fingerprint density at radius 1 is 1.09 bits per heavy atom. The second kappa shape index (κ2) is 10.7. The number of benzene rings is 1. The molecule has 1 amide bonds. The van der Waals surface area contributed by atoms with Gasteiger partial charge in [-0.1, -0.05) is 44.9 Å². The Kier molecular flexibility index (Phi) is 8.25. The van der Waals surface area contributed by atoms with Crippen LogP contribution in [0.25, 0.3) is 0 Å². The number of carbonyl (C=O) groups excluding carboxylic acids is 2. The van der Waals surface area contributed by atoms with E-state index < -0.39 is 10.0 Å². The third kappa shape index (κ3) is 5.47. The number of rotatable bonds is 9. The Labute approximate surface area is 195 Å². The molecule has 1 saturated heterocycles. The van der Waals surface area contributed by atoms with Gasteiger partial charge in [0, 0.05) is 29.4 Å². The van der Waals surface area contributed by atoms with Crippen LogP contribution < -0.4 is 5.32 Å². The molecular formula is C24H32N2O4S2. The highest BCUT2D eigenvalue weighted by Gasteiger charge is 2.34. The van der Waals surface area contributed by atoms with Crippen LogP contribution in [0.4, 0.5) is 0 Å². The maximum Gasteiger partial charge on any atom is 0.243 e. The molecule has 0 radical (unpaired) electrons. The van der Waals surface area contributed by atoms with Gasteiger partial charge in [0.25, 0.3) is 0 Å². The largest absolute Gasteiger partial charge is 0.348 e. The first-order chi connectivity index (χ1) is 15.3. The highest BCUT2D eigenvalue weighted by Crippen LogP contribution is 2.32. The molecule has 1 N–H and O–H groups in total. The zero-order valence-corrected chi connectivity index (χ0v) is 20.5. The molecule has 3 rings (SSSR count). The van der Waals surface area contributed by atoms with E-state index in [1.165, 1.54) is 40.4 Å². The van der Waals surface area contributed by atoms with Crippen LogP contribution in [0.5, 0.6) is 0 Å². The number of amides is 1. The van der Waals surface area contributed by atoms with Gasteiger partial charge in [-0.25, -0.2) is 8.42 Å². The number of ketones is 1. The molecule has 0 aliphatic carbocycles. The third-order valence-electron chi connectivity index (χ3n) is 6.39. The Morgan fingerprint density at radius 2 is 1.72 bits per heavy atom. The van der Waals surface area contributed by atoms with Crippen LogP contribution in [0.3, 0.4) is 0 Å². The number of Topliss-reactive ketones (excluding diaryl/α,β-unsaturated/α-hetero) is 1. The van der Waals surface area contributed by atoms with E-state index in [-0.39, 0.29) is 28.5 Å². The summed E-state index contributed by atoms with van der Waals surface area (Å²) in [6.07, 6.45) is 2.96. The fourth-order valence-electron chi connectivity index (χ4n) is 4.29. The second-order valence-corrected chi connectivity index (χ2v) is 11.3. The predicted molar refractivity (Wildman–Crippen MR) is 127 cm³/mol. The summed E-state index contributed by atoms with van der Waals surface area (Å²) in [4.78, 5) is 25.8. The standard InChI is InChI=1S/C24H32N2O4S2/c1-4-18(5-2)23(22-7-6-16-31-22)25-24(28)20-12-14-26(15-13-20)32(29,30)21-10-8-19(9-11-21)17(3)27/h6-11,16,18,20,23H,4-5,12-15H2,1-3H3,(H,25,28)/t23-/m1/s1. The third-order valence-corrected chi connectivity index (χ3v) is 9.26. The molecule has 1 fully saturated rings. The quantitative estimate of drug-likeness (QED) is 0.534. The van der Waals surface area contributed by atoms with Gasteiger partial charge in [-0.2, -0.15) is 4.31 Å². The molecule has 2 aromatic rings. The number of hydrogen-bond donors (Lipinski definition) is 1. The summed E-state index contributed by atoms with van der Waals surface area (Å²) in [5, 5.41) is 5.30. The Balaban J connectivity index is 1.64. The van der Waals surface area contributed by atoms with Crippen molar-refractivity contribution >= 4 is 33.1 Å². The van der Waals surface area contributed by atoms with E-state index in [0.29, 0.717) is 37.4 Å². The maximum atomic E-state index is 13.1. The summed E-state index contributed by atoms with van der Waals surface area (Å²) in [6.45, 7) is 6.36. The molecule has 1 aliphatic rings. The molecule has 1 aromatic heterocycles. The Morgan fingerprint density at radius 3 is 2.22 bits per heavy atom. The zero-order chi connectivity index (χ0) is 23.3. The van der Waals surface area contributed by atoms with Gasteiger partial charge in [-0.3, -0.25) is 9.59 Å². The lowest BCUT2D eigenvalue weighted by Crippen LogP contribution is -2.44. The summed E-state index contributed by atoms with van der Waals surface area (Å²) >= 11 is 1.66. The first-order valence-electron chi connectivity index (χ1n) is 11.2. The minimum Gasteiger partial charge on any atom is -0.348 e. The second-order valence-electron chi connectivity index (χ2n) is 8.34. The SMILES string of the molecule is CCC(CC)[C@@H](NC(=O)C1CCN(S(=O)(=O)c2ccc(C(C)=O)cc2)CC1)c1cccs1. The van der Waals surface area contributed by atoms with E-state index in [1.54, 1.807) is 11.3 Å². The minimum atomic E-state index is -3.64. The molecule has 0 saturated carbocycles. The Bertz CT molecular complexity index is 1000. The van der Waals surface area contributed by atoms with Crippen molar-refractivity contribution in [2.24, 2.45) is 11.8 Å². The zero-order valence-electron chi connectivity index (χ0n) is 18.9. The van der Waals surface area contributed by atoms with Crippen molar-refractivity contribution in [2.75, 3.05) is 13.1 Å². The van der Waals surface area contributed by atoms with Crippen LogP contribution in [-0.2, 0) is 14.8 Å². The van der Waals surface area contributed by atoms with Crippen molar-refractivity contribution in [3.05, 3.63) is 52.2 Å². The molecule has 2 heterocycles. The van der Waals surface area contributed by atoms with Crippen molar-refractivity contribution in [1.82, 2.24) is 9.62 Å². The predicted octanol–water partition coefficient (Wildman–Crippen LogP) is 4.65. The van der Waals surface area contributed by atoms with E-state index in [0.717, 1.165) is 12.8 Å². The van der Waals surface area contributed by atoms with Crippen molar-refractivity contribution in [3.8, 4) is 0 Å². The van der Waals surface area contributed by atoms with Gasteiger partial charge in [-0.05, 0) is 49.3 Å². The number of thiophene rings is 1. The van der Waals surface area contributed by atoms with Crippen molar-refractivity contribution in [1.29, 1.82) is 0 Å². The van der Waals surface area contributed by atoms with E-state index in [1.807, 2.05) is 11.4 Å². The van der Waals surface area contributed by atoms with Crippen LogP contribution in [-0.4, -0.2) is 37.5 Å². The molecule has 1 aromatic carbocycles. The van der Waals surface area contributed by atoms with Crippen LogP contribution >= 0.6 is 11.3 Å². The Hall–Kier alpha value is -2.03. The van der Waals surface area contributed by atoms with Gasteiger partial charge in [0.05, 0.1) is 10.9 Å². The smallest absolute Gasteiger partial charge is 0.243 e. The monoisotopic (exact) mass is 476 g/mol. The average Bonchev–Trinajstić information content (AvgIpc) is 3.34. The molecule has 8 heteroatoms. The number of piperidine rings is 1. The van der Waals surface area contributed by atoms with E-state index in [4.69, 9.17) is 0 Å².